The Balaban J connectivity index is 1.76. The summed E-state index contributed by atoms with van der Waals surface area (Å²) in [6.07, 6.45) is 7.83. The van der Waals surface area contributed by atoms with Crippen LogP contribution in [0.3, 0.4) is 0 Å². The minimum atomic E-state index is 0.320. The second-order valence-electron chi connectivity index (χ2n) is 6.15. The lowest BCUT2D eigenvalue weighted by Crippen LogP contribution is -2.35. The third-order valence-corrected chi connectivity index (χ3v) is 4.33. The molecule has 0 spiro atoms. The molecule has 0 saturated heterocycles. The maximum Gasteiger partial charge on any atom is 0.212 e. The van der Waals surface area contributed by atoms with E-state index in [0.29, 0.717) is 22.0 Å². The Kier molecular flexibility index (Phi) is 6.69. The molecular weight excluding hydrogens is 379 g/mol. The number of hydrogen-bond acceptors (Lipinski definition) is 4. The molecule has 1 atom stereocenters. The Morgan fingerprint density at radius 3 is 1.96 bits per heavy atom. The number of allylic oxidation sites excluding steroid dienone is 2. The molecule has 1 unspecified atom stereocenters. The largest absolute Gasteiger partial charge is 0.351 e. The highest BCUT2D eigenvalue weighted by Gasteiger charge is 2.11. The maximum absolute atomic E-state index is 5.94. The molecule has 27 heavy (non-hydrogen) atoms. The van der Waals surface area contributed by atoms with E-state index in [9.17, 15) is 0 Å². The summed E-state index contributed by atoms with van der Waals surface area (Å²) in [7, 11) is 0. The molecule has 138 valence electrons. The van der Waals surface area contributed by atoms with Gasteiger partial charge in [0.15, 0.2) is 0 Å². The molecule has 1 heterocycles. The predicted octanol–water partition coefficient (Wildman–Crippen LogP) is 5.01. The normalized spacial score (nSPS) is 16.4. The summed E-state index contributed by atoms with van der Waals surface area (Å²) in [5, 5.41) is 9.10. The van der Waals surface area contributed by atoms with Crippen LogP contribution in [0.5, 0.6) is 0 Å². The van der Waals surface area contributed by atoms with Gasteiger partial charge >= 0.3 is 0 Å². The molecule has 1 aliphatic heterocycles. The maximum atomic E-state index is 5.94. The number of guanidine groups is 1. The number of halogens is 2. The van der Waals surface area contributed by atoms with Gasteiger partial charge in [-0.15, -0.1) is 0 Å². The zero-order valence-corrected chi connectivity index (χ0v) is 16.4. The van der Waals surface area contributed by atoms with Gasteiger partial charge in [0.1, 0.15) is 0 Å². The standard InChI is InChI=1S/C21H20Cl2N4/c1-15-14-24-21(25-15)27-26-20(12-6-16-2-8-18(22)9-3-16)13-7-17-4-10-19(23)11-5-17/h2-13,15H,14H2,1H3,(H2,24,25,27)/b12-6+,13-7+. The van der Waals surface area contributed by atoms with Gasteiger partial charge in [-0.1, -0.05) is 59.6 Å². The van der Waals surface area contributed by atoms with Crippen molar-refractivity contribution in [3.8, 4) is 0 Å². The van der Waals surface area contributed by atoms with E-state index in [1.807, 2.05) is 72.8 Å². The van der Waals surface area contributed by atoms with Crippen molar-refractivity contribution >= 4 is 47.0 Å². The van der Waals surface area contributed by atoms with Crippen molar-refractivity contribution in [2.45, 2.75) is 13.0 Å². The van der Waals surface area contributed by atoms with E-state index in [2.05, 4.69) is 27.8 Å². The topological polar surface area (TPSA) is 48.8 Å². The van der Waals surface area contributed by atoms with Gasteiger partial charge in [-0.2, -0.15) is 5.10 Å². The first-order valence-corrected chi connectivity index (χ1v) is 9.36. The summed E-state index contributed by atoms with van der Waals surface area (Å²) in [5.41, 5.74) is 5.82. The van der Waals surface area contributed by atoms with Gasteiger partial charge < -0.3 is 5.32 Å². The summed E-state index contributed by atoms with van der Waals surface area (Å²) in [6, 6.07) is 15.6. The summed E-state index contributed by atoms with van der Waals surface area (Å²) < 4.78 is 0. The Morgan fingerprint density at radius 1 is 1.00 bits per heavy atom. The van der Waals surface area contributed by atoms with Crippen molar-refractivity contribution in [1.82, 2.24) is 10.7 Å². The molecule has 0 radical (unpaired) electrons. The molecule has 0 saturated carbocycles. The van der Waals surface area contributed by atoms with E-state index < -0.39 is 0 Å². The van der Waals surface area contributed by atoms with Crippen LogP contribution < -0.4 is 10.7 Å². The summed E-state index contributed by atoms with van der Waals surface area (Å²) in [6.45, 7) is 2.82. The van der Waals surface area contributed by atoms with Gasteiger partial charge in [-0.3, -0.25) is 0 Å². The van der Waals surface area contributed by atoms with E-state index in [4.69, 9.17) is 23.2 Å². The Labute approximate surface area is 169 Å². The first kappa shape index (κ1) is 19.2. The highest BCUT2D eigenvalue weighted by molar-refractivity contribution is 6.30. The second-order valence-corrected chi connectivity index (χ2v) is 7.03. The van der Waals surface area contributed by atoms with Gasteiger partial charge in [0.05, 0.1) is 12.3 Å². The van der Waals surface area contributed by atoms with E-state index in [1.165, 1.54) is 0 Å². The quantitative estimate of drug-likeness (QED) is 0.548. The molecule has 0 amide bonds. The van der Waals surface area contributed by atoms with Gasteiger partial charge in [0, 0.05) is 16.1 Å². The molecule has 0 bridgehead atoms. The number of nitrogens with zero attached hydrogens (tertiary/aromatic N) is 2. The molecule has 4 nitrogen and oxygen atoms in total. The SMILES string of the molecule is CC1CN=C(NN=C(/C=C/c2ccc(Cl)cc2)/C=C/c2ccc(Cl)cc2)N1. The van der Waals surface area contributed by atoms with Gasteiger partial charge in [-0.05, 0) is 54.5 Å². The van der Waals surface area contributed by atoms with Crippen LogP contribution in [0.2, 0.25) is 10.0 Å². The number of nitrogens with one attached hydrogen (secondary N) is 2. The first-order valence-electron chi connectivity index (χ1n) is 8.60. The Hall–Kier alpha value is -2.56. The van der Waals surface area contributed by atoms with Crippen LogP contribution in [-0.2, 0) is 0 Å². The lowest BCUT2D eigenvalue weighted by molar-refractivity contribution is 0.717. The molecule has 3 rings (SSSR count). The lowest BCUT2D eigenvalue weighted by atomic mass is 10.1. The molecule has 1 aliphatic rings. The van der Waals surface area contributed by atoms with Crippen LogP contribution in [-0.4, -0.2) is 24.3 Å². The third-order valence-electron chi connectivity index (χ3n) is 3.83. The summed E-state index contributed by atoms with van der Waals surface area (Å²) in [4.78, 5) is 4.35. The monoisotopic (exact) mass is 398 g/mol. The van der Waals surface area contributed by atoms with Gasteiger partial charge in [0.25, 0.3) is 0 Å². The zero-order valence-electron chi connectivity index (χ0n) is 14.9. The van der Waals surface area contributed by atoms with Crippen LogP contribution >= 0.6 is 23.2 Å². The number of rotatable bonds is 5. The average molecular weight is 399 g/mol. The Bertz CT molecular complexity index is 824. The fraction of sp³-hybridized carbons (Fsp3) is 0.143. The number of benzene rings is 2. The molecule has 6 heteroatoms. The van der Waals surface area contributed by atoms with E-state index in [0.717, 1.165) is 23.4 Å². The fourth-order valence-electron chi connectivity index (χ4n) is 2.38. The Morgan fingerprint density at radius 2 is 1.52 bits per heavy atom. The van der Waals surface area contributed by atoms with Crippen molar-refractivity contribution in [3.63, 3.8) is 0 Å². The van der Waals surface area contributed by atoms with Gasteiger partial charge in [-0.25, -0.2) is 10.4 Å². The van der Waals surface area contributed by atoms with E-state index in [-0.39, 0.29) is 0 Å². The molecule has 0 aliphatic carbocycles. The van der Waals surface area contributed by atoms with Crippen LogP contribution in [0.4, 0.5) is 0 Å². The smallest absolute Gasteiger partial charge is 0.212 e. The molecule has 0 aromatic heterocycles. The highest BCUT2D eigenvalue weighted by atomic mass is 35.5. The number of hydrazone groups is 1. The minimum absolute atomic E-state index is 0.320. The molecule has 2 aromatic carbocycles. The van der Waals surface area contributed by atoms with Crippen molar-refractivity contribution in [2.75, 3.05) is 6.54 Å². The van der Waals surface area contributed by atoms with Crippen LogP contribution in [0, 0.1) is 0 Å². The number of aliphatic imine (C=N–C) groups is 1. The van der Waals surface area contributed by atoms with Crippen molar-refractivity contribution in [1.29, 1.82) is 0 Å². The molecular formula is C21H20Cl2N4. The van der Waals surface area contributed by atoms with Crippen LogP contribution in [0.15, 0.2) is 70.8 Å². The van der Waals surface area contributed by atoms with Crippen molar-refractivity contribution in [2.24, 2.45) is 10.1 Å². The molecule has 2 aromatic rings. The van der Waals surface area contributed by atoms with E-state index >= 15 is 0 Å². The summed E-state index contributed by atoms with van der Waals surface area (Å²) >= 11 is 11.9. The van der Waals surface area contributed by atoms with Gasteiger partial charge in [0.2, 0.25) is 5.96 Å². The molecule has 2 N–H and O–H groups in total. The van der Waals surface area contributed by atoms with Crippen molar-refractivity contribution in [3.05, 3.63) is 81.9 Å². The minimum Gasteiger partial charge on any atom is -0.351 e. The highest BCUT2D eigenvalue weighted by Crippen LogP contribution is 2.12. The summed E-state index contributed by atoms with van der Waals surface area (Å²) in [5.74, 6) is 0.680. The fourth-order valence-corrected chi connectivity index (χ4v) is 2.63. The van der Waals surface area contributed by atoms with E-state index in [1.54, 1.807) is 0 Å². The van der Waals surface area contributed by atoms with Crippen molar-refractivity contribution < 1.29 is 0 Å². The first-order chi connectivity index (χ1) is 13.1. The third kappa shape index (κ3) is 6.27. The van der Waals surface area contributed by atoms with Crippen LogP contribution in [0.1, 0.15) is 18.1 Å². The average Bonchev–Trinajstić information content (AvgIpc) is 3.09. The lowest BCUT2D eigenvalue weighted by Gasteiger charge is -2.05. The predicted molar refractivity (Wildman–Crippen MR) is 116 cm³/mol. The zero-order chi connectivity index (χ0) is 19.1. The molecule has 0 fully saturated rings. The van der Waals surface area contributed by atoms with Crippen LogP contribution in [0.25, 0.3) is 12.2 Å². The number of hydrogen-bond donors (Lipinski definition) is 2. The second kappa shape index (κ2) is 9.40.